The summed E-state index contributed by atoms with van der Waals surface area (Å²) < 4.78 is 0.808. The van der Waals surface area contributed by atoms with Crippen LogP contribution in [0.1, 0.15) is 130 Å². The van der Waals surface area contributed by atoms with Crippen molar-refractivity contribution in [1.82, 2.24) is 4.90 Å². The van der Waals surface area contributed by atoms with E-state index in [0.717, 1.165) is 29.2 Å². The van der Waals surface area contributed by atoms with Crippen LogP contribution in [0.5, 0.6) is 0 Å². The highest BCUT2D eigenvalue weighted by molar-refractivity contribution is 8.10. The zero-order chi connectivity index (χ0) is 21.0. The normalized spacial score (nSPS) is 13.5. The third-order valence-electron chi connectivity index (χ3n) is 6.31. The van der Waals surface area contributed by atoms with E-state index < -0.39 is 0 Å². The molecule has 3 heteroatoms. The molecule has 0 aliphatic heterocycles. The van der Waals surface area contributed by atoms with Gasteiger partial charge in [-0.3, -0.25) is 0 Å². The van der Waals surface area contributed by atoms with Crippen molar-refractivity contribution in [2.75, 3.05) is 13.1 Å². The lowest BCUT2D eigenvalue weighted by Gasteiger charge is -2.31. The molecule has 2 unspecified atom stereocenters. The van der Waals surface area contributed by atoms with Crippen LogP contribution in [0, 0.1) is 11.8 Å². The average molecular weight is 430 g/mol. The number of nitrogens with zero attached hydrogens (tertiary/aromatic N) is 1. The van der Waals surface area contributed by atoms with Gasteiger partial charge in [-0.25, -0.2) is 0 Å². The number of thiocarbonyl (C=S) groups is 1. The summed E-state index contributed by atoms with van der Waals surface area (Å²) in [4.78, 5) is 2.41. The molecule has 0 spiro atoms. The molecule has 0 rings (SSSR count). The van der Waals surface area contributed by atoms with E-state index in [1.54, 1.807) is 0 Å². The van der Waals surface area contributed by atoms with Gasteiger partial charge in [0.1, 0.15) is 4.32 Å². The maximum atomic E-state index is 5.51. The van der Waals surface area contributed by atoms with Crippen molar-refractivity contribution >= 4 is 29.2 Å². The molecular weight excluding hydrogens is 378 g/mol. The molecule has 0 bridgehead atoms. The molecule has 0 amide bonds. The monoisotopic (exact) mass is 429 g/mol. The molecule has 1 nitrogen and oxygen atoms in total. The zero-order valence-corrected chi connectivity index (χ0v) is 21.4. The second-order valence-electron chi connectivity index (χ2n) is 8.85. The summed E-state index contributed by atoms with van der Waals surface area (Å²) in [7, 11) is 0. The van der Waals surface area contributed by atoms with Crippen molar-refractivity contribution in [1.29, 1.82) is 0 Å². The first-order valence-corrected chi connectivity index (χ1v) is 13.4. The van der Waals surface area contributed by atoms with Gasteiger partial charge < -0.3 is 4.90 Å². The van der Waals surface area contributed by atoms with Crippen molar-refractivity contribution < 1.29 is 0 Å². The summed E-state index contributed by atoms with van der Waals surface area (Å²) in [6.45, 7) is 11.5. The molecular formula is C25H51NS2. The minimum atomic E-state index is 0.767. The van der Waals surface area contributed by atoms with Crippen LogP contribution in [-0.2, 0) is 0 Å². The Bertz CT molecular complexity index is 319. The molecule has 0 fully saturated rings. The van der Waals surface area contributed by atoms with Crippen molar-refractivity contribution in [2.45, 2.75) is 130 Å². The molecule has 0 aromatic rings. The highest BCUT2D eigenvalue weighted by Gasteiger charge is 2.17. The molecule has 0 aromatic heterocycles. The molecule has 0 N–H and O–H groups in total. The quantitative estimate of drug-likeness (QED) is 0.117. The Balaban J connectivity index is 4.23. The summed E-state index contributed by atoms with van der Waals surface area (Å²) >= 11 is 10.1. The first kappa shape index (κ1) is 28.2. The lowest BCUT2D eigenvalue weighted by atomic mass is 9.95. The van der Waals surface area contributed by atoms with E-state index >= 15 is 0 Å². The van der Waals surface area contributed by atoms with Gasteiger partial charge in [-0.1, -0.05) is 130 Å². The average Bonchev–Trinajstić information content (AvgIpc) is 2.69. The number of hydrogen-bond donors (Lipinski definition) is 1. The Morgan fingerprint density at radius 2 is 1.00 bits per heavy atom. The summed E-state index contributed by atoms with van der Waals surface area (Å²) in [5, 5.41) is 0. The molecule has 0 aromatic carbocycles. The highest BCUT2D eigenvalue weighted by atomic mass is 32.1. The van der Waals surface area contributed by atoms with E-state index in [4.69, 9.17) is 12.2 Å². The third kappa shape index (κ3) is 16.1. The van der Waals surface area contributed by atoms with Crippen LogP contribution < -0.4 is 0 Å². The molecule has 28 heavy (non-hydrogen) atoms. The maximum Gasteiger partial charge on any atom is 0.133 e. The molecule has 0 saturated carbocycles. The Labute approximate surface area is 189 Å². The van der Waals surface area contributed by atoms with Crippen molar-refractivity contribution in [3.05, 3.63) is 0 Å². The minimum absolute atomic E-state index is 0.767. The van der Waals surface area contributed by atoms with Crippen LogP contribution in [0.25, 0.3) is 0 Å². The minimum Gasteiger partial charge on any atom is -0.357 e. The van der Waals surface area contributed by atoms with Gasteiger partial charge in [0, 0.05) is 13.1 Å². The lowest BCUT2D eigenvalue weighted by Crippen LogP contribution is -2.35. The molecule has 0 aliphatic rings. The number of rotatable bonds is 20. The van der Waals surface area contributed by atoms with Gasteiger partial charge in [0.25, 0.3) is 0 Å². The van der Waals surface area contributed by atoms with Crippen LogP contribution in [0.3, 0.4) is 0 Å². The van der Waals surface area contributed by atoms with Crippen LogP contribution in [-0.4, -0.2) is 22.3 Å². The van der Waals surface area contributed by atoms with Gasteiger partial charge in [-0.2, -0.15) is 0 Å². The molecule has 0 radical (unpaired) electrons. The number of unbranched alkanes of at least 4 members (excludes halogenated alkanes) is 10. The predicted octanol–water partition coefficient (Wildman–Crippen LogP) is 9.06. The van der Waals surface area contributed by atoms with Gasteiger partial charge in [-0.15, -0.1) is 12.6 Å². The maximum absolute atomic E-state index is 5.51. The zero-order valence-electron chi connectivity index (χ0n) is 19.7. The van der Waals surface area contributed by atoms with E-state index in [9.17, 15) is 0 Å². The summed E-state index contributed by atoms with van der Waals surface area (Å²) in [5.41, 5.74) is 0. The van der Waals surface area contributed by atoms with E-state index in [1.165, 1.54) is 103 Å². The highest BCUT2D eigenvalue weighted by Crippen LogP contribution is 2.21. The Hall–Kier alpha value is 0.240. The van der Waals surface area contributed by atoms with Gasteiger partial charge in [0.05, 0.1) is 0 Å². The van der Waals surface area contributed by atoms with Crippen molar-refractivity contribution in [3.63, 3.8) is 0 Å². The molecule has 168 valence electrons. The molecule has 2 atom stereocenters. The Kier molecular flexibility index (Phi) is 20.7. The van der Waals surface area contributed by atoms with Gasteiger partial charge in [0.2, 0.25) is 0 Å². The van der Waals surface area contributed by atoms with Crippen molar-refractivity contribution in [3.8, 4) is 0 Å². The largest absolute Gasteiger partial charge is 0.357 e. The van der Waals surface area contributed by atoms with Crippen LogP contribution in [0.4, 0.5) is 0 Å². The number of hydrogen-bond acceptors (Lipinski definition) is 1. The third-order valence-corrected chi connectivity index (χ3v) is 6.86. The predicted molar refractivity (Wildman–Crippen MR) is 137 cm³/mol. The first-order valence-electron chi connectivity index (χ1n) is 12.6. The van der Waals surface area contributed by atoms with Crippen molar-refractivity contribution in [2.24, 2.45) is 11.8 Å². The molecule has 0 heterocycles. The Morgan fingerprint density at radius 3 is 1.32 bits per heavy atom. The van der Waals surface area contributed by atoms with Crippen LogP contribution in [0.2, 0.25) is 0 Å². The second kappa shape index (κ2) is 20.5. The lowest BCUT2D eigenvalue weighted by molar-refractivity contribution is 0.267. The summed E-state index contributed by atoms with van der Waals surface area (Å²) in [6.07, 6.45) is 21.9. The van der Waals surface area contributed by atoms with Crippen LogP contribution in [0.15, 0.2) is 0 Å². The smallest absolute Gasteiger partial charge is 0.133 e. The SMILES string of the molecule is CCCCCCCCC(CC)CN(CC(CC)CCCCCCCC)C(=S)S. The van der Waals surface area contributed by atoms with Gasteiger partial charge in [0.15, 0.2) is 0 Å². The van der Waals surface area contributed by atoms with E-state index in [2.05, 4.69) is 45.2 Å². The first-order chi connectivity index (χ1) is 13.6. The fourth-order valence-electron chi connectivity index (χ4n) is 4.13. The topological polar surface area (TPSA) is 3.24 Å². The Morgan fingerprint density at radius 1 is 0.643 bits per heavy atom. The summed E-state index contributed by atoms with van der Waals surface area (Å²) in [6, 6.07) is 0. The standard InChI is InChI=1S/C25H51NS2/c1-5-9-11-13-15-17-19-23(7-3)21-26(25(27)28)22-24(8-4)20-18-16-14-12-10-6-2/h23-24H,5-22H2,1-4H3,(H,27,28). The second-order valence-corrected chi connectivity index (χ2v) is 9.96. The molecule has 0 saturated heterocycles. The van der Waals surface area contributed by atoms with E-state index in [0.29, 0.717) is 0 Å². The fourth-order valence-corrected chi connectivity index (χ4v) is 4.44. The van der Waals surface area contributed by atoms with E-state index in [1.807, 2.05) is 0 Å². The summed E-state index contributed by atoms with van der Waals surface area (Å²) in [5.74, 6) is 1.53. The number of thiol groups is 1. The van der Waals surface area contributed by atoms with E-state index in [-0.39, 0.29) is 0 Å². The van der Waals surface area contributed by atoms with Crippen LogP contribution >= 0.6 is 24.8 Å². The van der Waals surface area contributed by atoms with Gasteiger partial charge >= 0.3 is 0 Å². The molecule has 0 aliphatic carbocycles. The van der Waals surface area contributed by atoms with Gasteiger partial charge in [-0.05, 0) is 24.7 Å². The fraction of sp³-hybridized carbons (Fsp3) is 0.960.